The number of rotatable bonds is 4. The molecular weight excluding hydrogens is 240 g/mol. The Morgan fingerprint density at radius 2 is 1.89 bits per heavy atom. The van der Waals surface area contributed by atoms with Gasteiger partial charge in [0, 0.05) is 24.4 Å². The monoisotopic (exact) mass is 256 g/mol. The summed E-state index contributed by atoms with van der Waals surface area (Å²) in [6.07, 6.45) is 0. The average Bonchev–Trinajstić information content (AvgIpc) is 2.40. The Morgan fingerprint density at radius 1 is 1.11 bits per heavy atom. The highest BCUT2D eigenvalue weighted by molar-refractivity contribution is 5.51. The predicted molar refractivity (Wildman–Crippen MR) is 76.3 cm³/mol. The molecule has 0 amide bonds. The second-order valence-electron chi connectivity index (χ2n) is 4.58. The summed E-state index contributed by atoms with van der Waals surface area (Å²) in [6.45, 7) is 4.81. The van der Waals surface area contributed by atoms with E-state index in [1.54, 1.807) is 12.1 Å². The van der Waals surface area contributed by atoms with Crippen molar-refractivity contribution in [3.63, 3.8) is 0 Å². The van der Waals surface area contributed by atoms with Crippen molar-refractivity contribution in [2.45, 2.75) is 20.4 Å². The third-order valence-corrected chi connectivity index (χ3v) is 3.12. The van der Waals surface area contributed by atoms with Gasteiger partial charge in [0.2, 0.25) is 0 Å². The van der Waals surface area contributed by atoms with Gasteiger partial charge in [-0.05, 0) is 36.6 Å². The van der Waals surface area contributed by atoms with Crippen molar-refractivity contribution in [1.29, 1.82) is 0 Å². The average molecular weight is 256 g/mol. The Labute approximate surface area is 112 Å². The van der Waals surface area contributed by atoms with Gasteiger partial charge in [-0.15, -0.1) is 0 Å². The minimum Gasteiger partial charge on any atom is -0.381 e. The van der Waals surface area contributed by atoms with Crippen LogP contribution in [0.3, 0.4) is 0 Å². The third kappa shape index (κ3) is 3.31. The van der Waals surface area contributed by atoms with Crippen molar-refractivity contribution in [1.82, 2.24) is 0 Å². The van der Waals surface area contributed by atoms with Crippen LogP contribution >= 0.6 is 0 Å². The lowest BCUT2D eigenvalue weighted by Gasteiger charge is -2.08. The Morgan fingerprint density at radius 3 is 2.58 bits per heavy atom. The predicted octanol–water partition coefficient (Wildman–Crippen LogP) is 3.82. The van der Waals surface area contributed by atoms with Gasteiger partial charge in [0.05, 0.1) is 4.92 Å². The molecule has 98 valence electrons. The summed E-state index contributed by atoms with van der Waals surface area (Å²) in [6, 6.07) is 12.8. The maximum absolute atomic E-state index is 10.7. The molecule has 4 nitrogen and oxygen atoms in total. The number of aryl methyl sites for hydroxylation is 2. The zero-order valence-corrected chi connectivity index (χ0v) is 11.0. The molecule has 2 aromatic rings. The minimum atomic E-state index is -0.388. The number of hydrogen-bond acceptors (Lipinski definition) is 3. The standard InChI is InChI=1S/C15H16N2O2/c1-11-6-7-13(8-12(11)2)10-16-14-4-3-5-15(9-14)17(18)19/h3-9,16H,10H2,1-2H3. The van der Waals surface area contributed by atoms with Crippen LogP contribution < -0.4 is 5.32 Å². The van der Waals surface area contributed by atoms with E-state index in [0.29, 0.717) is 6.54 Å². The topological polar surface area (TPSA) is 55.2 Å². The van der Waals surface area contributed by atoms with Crippen LogP contribution in [0.2, 0.25) is 0 Å². The molecule has 0 heterocycles. The molecule has 2 rings (SSSR count). The minimum absolute atomic E-state index is 0.102. The van der Waals surface area contributed by atoms with Gasteiger partial charge in [-0.3, -0.25) is 10.1 Å². The molecule has 0 saturated carbocycles. The first-order valence-electron chi connectivity index (χ1n) is 6.11. The quantitative estimate of drug-likeness (QED) is 0.668. The molecule has 0 radical (unpaired) electrons. The molecule has 0 aliphatic heterocycles. The van der Waals surface area contributed by atoms with E-state index >= 15 is 0 Å². The van der Waals surface area contributed by atoms with E-state index in [-0.39, 0.29) is 10.6 Å². The molecule has 0 aromatic heterocycles. The lowest BCUT2D eigenvalue weighted by atomic mass is 10.1. The summed E-state index contributed by atoms with van der Waals surface area (Å²) in [5.74, 6) is 0. The second kappa shape index (κ2) is 5.52. The van der Waals surface area contributed by atoms with E-state index in [4.69, 9.17) is 0 Å². The molecule has 2 aromatic carbocycles. The fourth-order valence-corrected chi connectivity index (χ4v) is 1.85. The first-order valence-corrected chi connectivity index (χ1v) is 6.11. The van der Waals surface area contributed by atoms with E-state index in [0.717, 1.165) is 11.3 Å². The molecule has 0 spiro atoms. The fourth-order valence-electron chi connectivity index (χ4n) is 1.85. The van der Waals surface area contributed by atoms with Gasteiger partial charge in [0.25, 0.3) is 5.69 Å². The van der Waals surface area contributed by atoms with Crippen molar-refractivity contribution in [3.05, 3.63) is 69.3 Å². The van der Waals surface area contributed by atoms with E-state index in [2.05, 4.69) is 37.4 Å². The lowest BCUT2D eigenvalue weighted by Crippen LogP contribution is -2.00. The number of nitro groups is 1. The largest absolute Gasteiger partial charge is 0.381 e. The van der Waals surface area contributed by atoms with Gasteiger partial charge in [-0.2, -0.15) is 0 Å². The maximum atomic E-state index is 10.7. The highest BCUT2D eigenvalue weighted by Crippen LogP contribution is 2.18. The van der Waals surface area contributed by atoms with E-state index in [9.17, 15) is 10.1 Å². The Balaban J connectivity index is 2.07. The number of non-ortho nitro benzene ring substituents is 1. The van der Waals surface area contributed by atoms with Gasteiger partial charge in [-0.25, -0.2) is 0 Å². The molecule has 19 heavy (non-hydrogen) atoms. The van der Waals surface area contributed by atoms with Crippen molar-refractivity contribution in [2.75, 3.05) is 5.32 Å². The fraction of sp³-hybridized carbons (Fsp3) is 0.200. The van der Waals surface area contributed by atoms with Crippen molar-refractivity contribution >= 4 is 11.4 Å². The highest BCUT2D eigenvalue weighted by atomic mass is 16.6. The molecule has 0 saturated heterocycles. The number of anilines is 1. The Kier molecular flexibility index (Phi) is 3.80. The summed E-state index contributed by atoms with van der Waals surface area (Å²) in [4.78, 5) is 10.3. The second-order valence-corrected chi connectivity index (χ2v) is 4.58. The third-order valence-electron chi connectivity index (χ3n) is 3.12. The summed E-state index contributed by atoms with van der Waals surface area (Å²) in [5, 5.41) is 13.9. The highest BCUT2D eigenvalue weighted by Gasteiger charge is 2.05. The smallest absolute Gasteiger partial charge is 0.271 e. The maximum Gasteiger partial charge on any atom is 0.271 e. The summed E-state index contributed by atoms with van der Waals surface area (Å²) >= 11 is 0. The molecule has 0 fully saturated rings. The number of nitro benzene ring substituents is 1. The molecule has 4 heteroatoms. The molecule has 0 aliphatic carbocycles. The van der Waals surface area contributed by atoms with Crippen molar-refractivity contribution in [3.8, 4) is 0 Å². The van der Waals surface area contributed by atoms with Gasteiger partial charge in [0.15, 0.2) is 0 Å². The molecule has 1 N–H and O–H groups in total. The van der Waals surface area contributed by atoms with Crippen LogP contribution in [-0.4, -0.2) is 4.92 Å². The van der Waals surface area contributed by atoms with Crippen LogP contribution in [0.5, 0.6) is 0 Å². The van der Waals surface area contributed by atoms with Gasteiger partial charge >= 0.3 is 0 Å². The molecule has 0 aliphatic rings. The summed E-state index contributed by atoms with van der Waals surface area (Å²) < 4.78 is 0. The van der Waals surface area contributed by atoms with E-state index in [1.165, 1.54) is 17.2 Å². The summed E-state index contributed by atoms with van der Waals surface area (Å²) in [5.41, 5.74) is 4.53. The number of nitrogens with one attached hydrogen (secondary N) is 1. The van der Waals surface area contributed by atoms with Crippen LogP contribution in [-0.2, 0) is 6.54 Å². The zero-order valence-electron chi connectivity index (χ0n) is 11.0. The lowest BCUT2D eigenvalue weighted by molar-refractivity contribution is -0.384. The number of hydrogen-bond donors (Lipinski definition) is 1. The van der Waals surface area contributed by atoms with Crippen LogP contribution in [0.25, 0.3) is 0 Å². The summed E-state index contributed by atoms with van der Waals surface area (Å²) in [7, 11) is 0. The first-order chi connectivity index (χ1) is 9.06. The van der Waals surface area contributed by atoms with Crippen molar-refractivity contribution < 1.29 is 4.92 Å². The Bertz CT molecular complexity index is 609. The van der Waals surface area contributed by atoms with E-state index < -0.39 is 0 Å². The number of benzene rings is 2. The molecular formula is C15H16N2O2. The molecule has 0 bridgehead atoms. The van der Waals surface area contributed by atoms with Crippen LogP contribution in [0.4, 0.5) is 11.4 Å². The Hall–Kier alpha value is -2.36. The molecule has 0 unspecified atom stereocenters. The zero-order chi connectivity index (χ0) is 13.8. The normalized spacial score (nSPS) is 10.2. The van der Waals surface area contributed by atoms with Crippen LogP contribution in [0.15, 0.2) is 42.5 Å². The van der Waals surface area contributed by atoms with Crippen LogP contribution in [0, 0.1) is 24.0 Å². The SMILES string of the molecule is Cc1ccc(CNc2cccc([N+](=O)[O-])c2)cc1C. The van der Waals surface area contributed by atoms with Crippen LogP contribution in [0.1, 0.15) is 16.7 Å². The van der Waals surface area contributed by atoms with Gasteiger partial charge in [0.1, 0.15) is 0 Å². The van der Waals surface area contributed by atoms with Gasteiger partial charge < -0.3 is 5.32 Å². The van der Waals surface area contributed by atoms with Gasteiger partial charge in [-0.1, -0.05) is 24.3 Å². The van der Waals surface area contributed by atoms with E-state index in [1.807, 2.05) is 6.07 Å². The van der Waals surface area contributed by atoms with Crippen molar-refractivity contribution in [2.24, 2.45) is 0 Å². The number of nitrogens with zero attached hydrogens (tertiary/aromatic N) is 1. The molecule has 0 atom stereocenters. The first kappa shape index (κ1) is 13.1.